The molecule has 5 nitrogen and oxygen atoms in total. The van der Waals surface area contributed by atoms with Crippen molar-refractivity contribution >= 4 is 15.7 Å². The van der Waals surface area contributed by atoms with Gasteiger partial charge in [0.05, 0.1) is 16.1 Å². The molecule has 0 aliphatic carbocycles. The molecule has 1 unspecified atom stereocenters. The second kappa shape index (κ2) is 6.05. The fourth-order valence-corrected chi connectivity index (χ4v) is 2.33. The van der Waals surface area contributed by atoms with Crippen molar-refractivity contribution in [2.24, 2.45) is 11.1 Å². The van der Waals surface area contributed by atoms with Crippen molar-refractivity contribution in [1.29, 1.82) is 0 Å². The number of rotatable bonds is 5. The molecule has 1 aromatic carbocycles. The second-order valence-electron chi connectivity index (χ2n) is 5.62. The van der Waals surface area contributed by atoms with Crippen molar-refractivity contribution < 1.29 is 26.7 Å². The van der Waals surface area contributed by atoms with Gasteiger partial charge in [-0.25, -0.2) is 13.6 Å². The Balaban J connectivity index is 3.17. The minimum atomic E-state index is -4.86. The third kappa shape index (κ3) is 4.59. The summed E-state index contributed by atoms with van der Waals surface area (Å²) in [6, 6.07) is 2.63. The molecule has 4 N–H and O–H groups in total. The Morgan fingerprint density at radius 3 is 2.27 bits per heavy atom. The lowest BCUT2D eigenvalue weighted by molar-refractivity contribution is -0.139. The maximum Gasteiger partial charge on any atom is 0.417 e. The van der Waals surface area contributed by atoms with E-state index in [0.717, 1.165) is 6.07 Å². The molecule has 0 bridgehead atoms. The lowest BCUT2D eigenvalue weighted by Gasteiger charge is -2.28. The molecule has 1 rings (SSSR count). The molecule has 1 atom stereocenters. The fraction of sp³-hybridized carbons (Fsp3) is 0.538. The number of nitrogens with one attached hydrogen (secondary N) is 1. The van der Waals surface area contributed by atoms with Gasteiger partial charge in [-0.05, 0) is 31.0 Å². The molecule has 0 saturated carbocycles. The largest absolute Gasteiger partial charge is 0.417 e. The first-order valence-electron chi connectivity index (χ1n) is 6.45. The molecule has 0 radical (unpaired) electrons. The van der Waals surface area contributed by atoms with Crippen LogP contribution in [-0.2, 0) is 16.2 Å². The van der Waals surface area contributed by atoms with Crippen LogP contribution in [0.4, 0.5) is 18.9 Å². The number of aliphatic hydroxyl groups is 1. The predicted octanol–water partition coefficient (Wildman–Crippen LogP) is 2.17. The maximum atomic E-state index is 13.0. The summed E-state index contributed by atoms with van der Waals surface area (Å²) in [4.78, 5) is -0.985. The van der Waals surface area contributed by atoms with Crippen LogP contribution >= 0.6 is 0 Å². The van der Waals surface area contributed by atoms with Crippen LogP contribution in [0.2, 0.25) is 0 Å². The smallest absolute Gasteiger partial charge is 0.388 e. The molecule has 0 amide bonds. The minimum Gasteiger partial charge on any atom is -0.388 e. The number of sulfonamides is 1. The quantitative estimate of drug-likeness (QED) is 0.766. The van der Waals surface area contributed by atoms with Crippen LogP contribution in [0.5, 0.6) is 0 Å². The SMILES string of the molecule is CC(C)C(C)(O)CNc1ccc(S(N)(=O)=O)c(C(F)(F)F)c1. The Hall–Kier alpha value is -1.32. The Kier molecular flexibility index (Phi) is 5.15. The van der Waals surface area contributed by atoms with E-state index in [4.69, 9.17) is 5.14 Å². The molecule has 0 aliphatic rings. The summed E-state index contributed by atoms with van der Waals surface area (Å²) in [6.07, 6.45) is -4.86. The third-order valence-corrected chi connectivity index (χ3v) is 4.45. The number of primary sulfonamides is 1. The molecule has 0 heterocycles. The summed E-state index contributed by atoms with van der Waals surface area (Å²) in [5.41, 5.74) is -2.43. The standard InChI is InChI=1S/C13H19F3N2O3S/c1-8(2)12(3,19)7-18-9-4-5-11(22(17,20)21)10(6-9)13(14,15)16/h4-6,8,18-19H,7H2,1-3H3,(H2,17,20,21). The Morgan fingerprint density at radius 2 is 1.86 bits per heavy atom. The molecule has 126 valence electrons. The number of hydrogen-bond donors (Lipinski definition) is 3. The topological polar surface area (TPSA) is 92.4 Å². The van der Waals surface area contributed by atoms with E-state index in [1.807, 2.05) is 0 Å². The maximum absolute atomic E-state index is 13.0. The number of anilines is 1. The van der Waals surface area contributed by atoms with Crippen LogP contribution in [0, 0.1) is 5.92 Å². The monoisotopic (exact) mass is 340 g/mol. The molecule has 0 spiro atoms. The summed E-state index contributed by atoms with van der Waals surface area (Å²) in [5, 5.41) is 17.5. The molecule has 0 fully saturated rings. The van der Waals surface area contributed by atoms with E-state index < -0.39 is 32.3 Å². The average Bonchev–Trinajstić information content (AvgIpc) is 2.33. The number of hydrogen-bond acceptors (Lipinski definition) is 4. The minimum absolute atomic E-state index is 0.0106. The zero-order valence-corrected chi connectivity index (χ0v) is 13.2. The van der Waals surface area contributed by atoms with E-state index >= 15 is 0 Å². The summed E-state index contributed by atoms with van der Waals surface area (Å²) in [6.45, 7) is 5.10. The second-order valence-corrected chi connectivity index (χ2v) is 7.15. The molecular formula is C13H19F3N2O3S. The number of halogens is 3. The Labute approximate surface area is 127 Å². The first-order valence-corrected chi connectivity index (χ1v) is 8.00. The normalized spacial score (nSPS) is 15.7. The van der Waals surface area contributed by atoms with Gasteiger partial charge in [0.1, 0.15) is 0 Å². The molecule has 9 heteroatoms. The summed E-state index contributed by atoms with van der Waals surface area (Å²) < 4.78 is 61.4. The summed E-state index contributed by atoms with van der Waals surface area (Å²) >= 11 is 0. The van der Waals surface area contributed by atoms with E-state index in [0.29, 0.717) is 6.07 Å². The van der Waals surface area contributed by atoms with Crippen LogP contribution in [0.1, 0.15) is 26.3 Å². The number of benzene rings is 1. The van der Waals surface area contributed by atoms with Gasteiger partial charge in [0.2, 0.25) is 10.0 Å². The van der Waals surface area contributed by atoms with Gasteiger partial charge in [-0.3, -0.25) is 0 Å². The highest BCUT2D eigenvalue weighted by atomic mass is 32.2. The lowest BCUT2D eigenvalue weighted by atomic mass is 9.92. The number of nitrogens with two attached hydrogens (primary N) is 1. The van der Waals surface area contributed by atoms with E-state index in [1.165, 1.54) is 6.07 Å². The van der Waals surface area contributed by atoms with E-state index in [1.54, 1.807) is 20.8 Å². The molecule has 22 heavy (non-hydrogen) atoms. The lowest BCUT2D eigenvalue weighted by Crippen LogP contribution is -2.38. The summed E-state index contributed by atoms with van der Waals surface area (Å²) in [7, 11) is -4.49. The van der Waals surface area contributed by atoms with Gasteiger partial charge in [-0.1, -0.05) is 13.8 Å². The van der Waals surface area contributed by atoms with Crippen LogP contribution in [0.3, 0.4) is 0 Å². The molecule has 0 aromatic heterocycles. The van der Waals surface area contributed by atoms with Gasteiger partial charge in [0.15, 0.2) is 0 Å². The first kappa shape index (κ1) is 18.7. The first-order chi connectivity index (χ1) is 9.75. The number of alkyl halides is 3. The van der Waals surface area contributed by atoms with Crippen LogP contribution in [-0.4, -0.2) is 25.7 Å². The van der Waals surface area contributed by atoms with Crippen LogP contribution in [0.15, 0.2) is 23.1 Å². The molecule has 0 saturated heterocycles. The Bertz CT molecular complexity index is 640. The predicted molar refractivity (Wildman–Crippen MR) is 76.8 cm³/mol. The average molecular weight is 340 g/mol. The zero-order valence-electron chi connectivity index (χ0n) is 12.4. The highest BCUT2D eigenvalue weighted by Crippen LogP contribution is 2.35. The van der Waals surface area contributed by atoms with Crippen molar-refractivity contribution in [3.8, 4) is 0 Å². The van der Waals surface area contributed by atoms with E-state index in [-0.39, 0.29) is 18.2 Å². The van der Waals surface area contributed by atoms with Crippen molar-refractivity contribution in [2.75, 3.05) is 11.9 Å². The van der Waals surface area contributed by atoms with Gasteiger partial charge in [-0.2, -0.15) is 13.2 Å². The highest BCUT2D eigenvalue weighted by Gasteiger charge is 2.36. The van der Waals surface area contributed by atoms with Gasteiger partial charge >= 0.3 is 6.18 Å². The summed E-state index contributed by atoms with van der Waals surface area (Å²) in [5.74, 6) is -0.120. The fourth-order valence-electron chi connectivity index (χ4n) is 1.59. The van der Waals surface area contributed by atoms with Crippen molar-refractivity contribution in [2.45, 2.75) is 37.4 Å². The van der Waals surface area contributed by atoms with Crippen molar-refractivity contribution in [3.63, 3.8) is 0 Å². The van der Waals surface area contributed by atoms with Crippen molar-refractivity contribution in [3.05, 3.63) is 23.8 Å². The van der Waals surface area contributed by atoms with Gasteiger partial charge in [0.25, 0.3) is 0 Å². The van der Waals surface area contributed by atoms with E-state index in [9.17, 15) is 26.7 Å². The zero-order chi connectivity index (χ0) is 17.3. The molecule has 0 aliphatic heterocycles. The Morgan fingerprint density at radius 1 is 1.32 bits per heavy atom. The van der Waals surface area contributed by atoms with E-state index in [2.05, 4.69) is 5.32 Å². The van der Waals surface area contributed by atoms with Gasteiger partial charge in [-0.15, -0.1) is 0 Å². The van der Waals surface area contributed by atoms with Crippen LogP contribution in [0.25, 0.3) is 0 Å². The third-order valence-electron chi connectivity index (χ3n) is 3.49. The van der Waals surface area contributed by atoms with Gasteiger partial charge in [0, 0.05) is 12.2 Å². The van der Waals surface area contributed by atoms with Crippen LogP contribution < -0.4 is 10.5 Å². The molecular weight excluding hydrogens is 321 g/mol. The van der Waals surface area contributed by atoms with Crippen molar-refractivity contribution in [1.82, 2.24) is 0 Å². The van der Waals surface area contributed by atoms with Gasteiger partial charge < -0.3 is 10.4 Å². The highest BCUT2D eigenvalue weighted by molar-refractivity contribution is 7.89. The molecule has 1 aromatic rings.